The van der Waals surface area contributed by atoms with Crippen LogP contribution in [0.5, 0.6) is 5.75 Å². The molecule has 0 unspecified atom stereocenters. The third-order valence-electron chi connectivity index (χ3n) is 5.72. The molecule has 3 aromatic carbocycles. The Hall–Kier alpha value is -2.96. The summed E-state index contributed by atoms with van der Waals surface area (Å²) in [6.45, 7) is 0.830. The fourth-order valence-electron chi connectivity index (χ4n) is 3.97. The van der Waals surface area contributed by atoms with Gasteiger partial charge in [-0.2, -0.15) is 4.31 Å². The van der Waals surface area contributed by atoms with Crippen molar-refractivity contribution < 1.29 is 17.9 Å². The van der Waals surface area contributed by atoms with Crippen LogP contribution in [0, 0.1) is 0 Å². The third kappa shape index (κ3) is 5.26. The second-order valence-electron chi connectivity index (χ2n) is 7.99. The molecule has 0 radical (unpaired) electrons. The molecule has 6 heteroatoms. The number of nitrogens with zero attached hydrogens (tertiary/aromatic N) is 1. The molecule has 1 heterocycles. The molecular formula is C26H27NO4S. The van der Waals surface area contributed by atoms with Crippen molar-refractivity contribution in [2.24, 2.45) is 0 Å². The first-order valence-corrected chi connectivity index (χ1v) is 12.3. The predicted octanol–water partition coefficient (Wildman–Crippen LogP) is 4.62. The van der Waals surface area contributed by atoms with Crippen LogP contribution in [-0.4, -0.2) is 31.1 Å². The van der Waals surface area contributed by atoms with E-state index in [4.69, 9.17) is 4.74 Å². The molecule has 0 aliphatic carbocycles. The van der Waals surface area contributed by atoms with Crippen molar-refractivity contribution in [1.82, 2.24) is 4.31 Å². The highest BCUT2D eigenvalue weighted by atomic mass is 32.2. The Balaban J connectivity index is 1.50. The lowest BCUT2D eigenvalue weighted by Gasteiger charge is -2.28. The van der Waals surface area contributed by atoms with E-state index in [2.05, 4.69) is 0 Å². The lowest BCUT2D eigenvalue weighted by Crippen LogP contribution is -2.45. The highest BCUT2D eigenvalue weighted by Gasteiger charge is 2.36. The first-order chi connectivity index (χ1) is 15.5. The number of benzene rings is 3. The molecule has 0 bridgehead atoms. The second kappa shape index (κ2) is 10.1. The zero-order chi connectivity index (χ0) is 22.4. The van der Waals surface area contributed by atoms with Crippen molar-refractivity contribution >= 4 is 15.8 Å². The van der Waals surface area contributed by atoms with E-state index in [0.717, 1.165) is 16.9 Å². The van der Waals surface area contributed by atoms with Crippen LogP contribution in [0.15, 0.2) is 89.8 Å². The summed E-state index contributed by atoms with van der Waals surface area (Å²) in [6, 6.07) is 25.2. The van der Waals surface area contributed by atoms with Crippen LogP contribution >= 0.6 is 0 Å². The van der Waals surface area contributed by atoms with Gasteiger partial charge >= 0.3 is 0 Å². The van der Waals surface area contributed by atoms with E-state index in [0.29, 0.717) is 38.8 Å². The zero-order valence-corrected chi connectivity index (χ0v) is 18.7. The van der Waals surface area contributed by atoms with Gasteiger partial charge in [-0.05, 0) is 54.7 Å². The monoisotopic (exact) mass is 449 g/mol. The van der Waals surface area contributed by atoms with Crippen molar-refractivity contribution in [3.63, 3.8) is 0 Å². The molecule has 1 saturated heterocycles. The van der Waals surface area contributed by atoms with Crippen LogP contribution in [0.4, 0.5) is 0 Å². The van der Waals surface area contributed by atoms with E-state index in [9.17, 15) is 13.2 Å². The van der Waals surface area contributed by atoms with Gasteiger partial charge in [-0.3, -0.25) is 4.79 Å². The molecule has 4 rings (SSSR count). The molecule has 0 spiro atoms. The summed E-state index contributed by atoms with van der Waals surface area (Å²) in [4.78, 5) is 13.1. The number of carbonyl (C=O) groups excluding carboxylic acids is 1. The van der Waals surface area contributed by atoms with E-state index in [1.807, 2.05) is 54.6 Å². The van der Waals surface area contributed by atoms with Gasteiger partial charge in [0.2, 0.25) is 10.0 Å². The van der Waals surface area contributed by atoms with Gasteiger partial charge in [-0.25, -0.2) is 8.42 Å². The van der Waals surface area contributed by atoms with Crippen LogP contribution in [0.2, 0.25) is 0 Å². The number of rotatable bonds is 7. The largest absolute Gasteiger partial charge is 0.489 e. The third-order valence-corrected chi connectivity index (χ3v) is 7.64. The lowest BCUT2D eigenvalue weighted by molar-refractivity contribution is -0.122. The molecule has 1 aliphatic heterocycles. The van der Waals surface area contributed by atoms with Crippen molar-refractivity contribution in [2.45, 2.75) is 43.2 Å². The number of carbonyl (C=O) groups is 1. The maximum atomic E-state index is 13.3. The molecule has 1 atom stereocenters. The van der Waals surface area contributed by atoms with E-state index in [1.165, 1.54) is 4.31 Å². The zero-order valence-electron chi connectivity index (χ0n) is 17.9. The summed E-state index contributed by atoms with van der Waals surface area (Å²) in [6.07, 6.45) is 2.15. The van der Waals surface area contributed by atoms with Gasteiger partial charge in [-0.1, -0.05) is 60.7 Å². The fourth-order valence-corrected chi connectivity index (χ4v) is 5.64. The van der Waals surface area contributed by atoms with Gasteiger partial charge in [0.05, 0.1) is 10.9 Å². The summed E-state index contributed by atoms with van der Waals surface area (Å²) in [5.41, 5.74) is 1.99. The Kier molecular flexibility index (Phi) is 7.02. The minimum Gasteiger partial charge on any atom is -0.489 e. The Morgan fingerprint density at radius 2 is 1.47 bits per heavy atom. The SMILES string of the molecule is O=C1CCCCN(S(=O)(=O)c2ccccc2)[C@H]1Cc1ccc(OCc2ccccc2)cc1. The minimum atomic E-state index is -3.75. The summed E-state index contributed by atoms with van der Waals surface area (Å²) < 4.78 is 33.9. The Labute approximate surface area is 189 Å². The van der Waals surface area contributed by atoms with E-state index < -0.39 is 16.1 Å². The average molecular weight is 450 g/mol. The van der Waals surface area contributed by atoms with Crippen molar-refractivity contribution in [3.05, 3.63) is 96.1 Å². The number of ether oxygens (including phenoxy) is 1. The Bertz CT molecular complexity index is 1130. The average Bonchev–Trinajstić information content (AvgIpc) is 3.01. The van der Waals surface area contributed by atoms with Gasteiger partial charge in [0, 0.05) is 13.0 Å². The molecular weight excluding hydrogens is 422 g/mol. The Morgan fingerprint density at radius 1 is 0.812 bits per heavy atom. The quantitative estimate of drug-likeness (QED) is 0.528. The second-order valence-corrected chi connectivity index (χ2v) is 9.88. The number of sulfonamides is 1. The number of Topliss-reactive ketones (excluding diaryl/α,β-unsaturated/α-hetero) is 1. The lowest BCUT2D eigenvalue weighted by atomic mass is 10.0. The van der Waals surface area contributed by atoms with Crippen molar-refractivity contribution in [2.75, 3.05) is 6.54 Å². The number of ketones is 1. The molecule has 5 nitrogen and oxygen atoms in total. The Morgan fingerprint density at radius 3 is 2.16 bits per heavy atom. The van der Waals surface area contributed by atoms with Gasteiger partial charge in [-0.15, -0.1) is 0 Å². The highest BCUT2D eigenvalue weighted by Crippen LogP contribution is 2.26. The predicted molar refractivity (Wildman–Crippen MR) is 124 cm³/mol. The molecule has 32 heavy (non-hydrogen) atoms. The standard InChI is InChI=1S/C26H27NO4S/c28-26-13-7-8-18-27(32(29,30)24-11-5-2-6-12-24)25(26)19-21-14-16-23(17-15-21)31-20-22-9-3-1-4-10-22/h1-6,9-12,14-17,25H,7-8,13,18-20H2/t25-/m0/s1. The van der Waals surface area contributed by atoms with Crippen LogP contribution in [0.3, 0.4) is 0 Å². The number of hydrogen-bond donors (Lipinski definition) is 0. The summed E-state index contributed by atoms with van der Waals surface area (Å²) in [5, 5.41) is 0. The molecule has 1 fully saturated rings. The van der Waals surface area contributed by atoms with Crippen LogP contribution in [0.25, 0.3) is 0 Å². The van der Waals surface area contributed by atoms with Crippen LogP contribution in [-0.2, 0) is 27.8 Å². The summed E-state index contributed by atoms with van der Waals surface area (Å²) in [5.74, 6) is 0.713. The van der Waals surface area contributed by atoms with Crippen LogP contribution < -0.4 is 4.74 Å². The topological polar surface area (TPSA) is 63.7 Å². The van der Waals surface area contributed by atoms with Gasteiger partial charge in [0.15, 0.2) is 5.78 Å². The van der Waals surface area contributed by atoms with Gasteiger partial charge in [0.25, 0.3) is 0 Å². The maximum Gasteiger partial charge on any atom is 0.243 e. The maximum absolute atomic E-state index is 13.3. The summed E-state index contributed by atoms with van der Waals surface area (Å²) >= 11 is 0. The van der Waals surface area contributed by atoms with E-state index in [-0.39, 0.29) is 10.7 Å². The molecule has 0 N–H and O–H groups in total. The van der Waals surface area contributed by atoms with Gasteiger partial charge < -0.3 is 4.74 Å². The molecule has 3 aromatic rings. The highest BCUT2D eigenvalue weighted by molar-refractivity contribution is 7.89. The molecule has 1 aliphatic rings. The normalized spacial score (nSPS) is 17.6. The van der Waals surface area contributed by atoms with E-state index >= 15 is 0 Å². The summed E-state index contributed by atoms with van der Waals surface area (Å²) in [7, 11) is -3.75. The molecule has 0 saturated carbocycles. The molecule has 166 valence electrons. The smallest absolute Gasteiger partial charge is 0.243 e. The van der Waals surface area contributed by atoms with Gasteiger partial charge in [0.1, 0.15) is 12.4 Å². The van der Waals surface area contributed by atoms with Crippen molar-refractivity contribution in [1.29, 1.82) is 0 Å². The molecule has 0 amide bonds. The number of hydrogen-bond acceptors (Lipinski definition) is 4. The molecule has 0 aromatic heterocycles. The van der Waals surface area contributed by atoms with Crippen molar-refractivity contribution in [3.8, 4) is 5.75 Å². The van der Waals surface area contributed by atoms with Crippen LogP contribution in [0.1, 0.15) is 30.4 Å². The first-order valence-electron chi connectivity index (χ1n) is 10.9. The van der Waals surface area contributed by atoms with E-state index in [1.54, 1.807) is 30.3 Å². The fraction of sp³-hybridized carbons (Fsp3) is 0.269. The minimum absolute atomic E-state index is 0.0218. The first kappa shape index (κ1) is 22.2.